The van der Waals surface area contributed by atoms with Crippen molar-refractivity contribution >= 4 is 16.8 Å². The van der Waals surface area contributed by atoms with E-state index in [9.17, 15) is 0 Å². The summed E-state index contributed by atoms with van der Waals surface area (Å²) in [7, 11) is 0. The zero-order valence-electron chi connectivity index (χ0n) is 7.79. The number of aryl methyl sites for hydroxylation is 2. The maximum Gasteiger partial charge on any atom is 0.182 e. The van der Waals surface area contributed by atoms with E-state index in [4.69, 9.17) is 10.2 Å². The third kappa shape index (κ3) is 1.08. The molecule has 0 unspecified atom stereocenters. The van der Waals surface area contributed by atoms with E-state index in [1.165, 1.54) is 6.39 Å². The molecule has 0 saturated heterocycles. The van der Waals surface area contributed by atoms with Crippen molar-refractivity contribution in [3.05, 3.63) is 23.6 Å². The fourth-order valence-corrected chi connectivity index (χ4v) is 1.57. The van der Waals surface area contributed by atoms with Crippen LogP contribution in [0.3, 0.4) is 0 Å². The zero-order valence-corrected chi connectivity index (χ0v) is 7.79. The molecule has 0 atom stereocenters. The maximum absolute atomic E-state index is 5.92. The molecule has 3 heteroatoms. The molecule has 3 nitrogen and oxygen atoms in total. The molecular weight excluding hydrogens is 164 g/mol. The summed E-state index contributed by atoms with van der Waals surface area (Å²) in [4.78, 5) is 4.10. The topological polar surface area (TPSA) is 52.0 Å². The third-order valence-corrected chi connectivity index (χ3v) is 2.30. The van der Waals surface area contributed by atoms with E-state index in [1.807, 2.05) is 6.92 Å². The monoisotopic (exact) mass is 176 g/mol. The van der Waals surface area contributed by atoms with Crippen LogP contribution < -0.4 is 5.73 Å². The first-order chi connectivity index (χ1) is 6.24. The molecular formula is C10H12N2O. The van der Waals surface area contributed by atoms with Gasteiger partial charge in [0.25, 0.3) is 0 Å². The molecule has 0 aliphatic heterocycles. The molecule has 0 saturated carbocycles. The van der Waals surface area contributed by atoms with Crippen molar-refractivity contribution in [2.45, 2.75) is 20.3 Å². The molecule has 2 rings (SSSR count). The smallest absolute Gasteiger partial charge is 0.182 e. The van der Waals surface area contributed by atoms with Gasteiger partial charge in [0.2, 0.25) is 0 Å². The Morgan fingerprint density at radius 3 is 3.00 bits per heavy atom. The molecule has 68 valence electrons. The minimum atomic E-state index is 0.747. The van der Waals surface area contributed by atoms with E-state index in [-0.39, 0.29) is 0 Å². The van der Waals surface area contributed by atoms with Gasteiger partial charge in [-0.05, 0) is 24.5 Å². The molecule has 1 heterocycles. The maximum atomic E-state index is 5.92. The van der Waals surface area contributed by atoms with Crippen LogP contribution in [0.5, 0.6) is 0 Å². The second-order valence-corrected chi connectivity index (χ2v) is 3.15. The highest BCUT2D eigenvalue weighted by Crippen LogP contribution is 2.27. The van der Waals surface area contributed by atoms with E-state index < -0.39 is 0 Å². The lowest BCUT2D eigenvalue weighted by Crippen LogP contribution is -1.95. The first kappa shape index (κ1) is 8.10. The average molecular weight is 176 g/mol. The van der Waals surface area contributed by atoms with Crippen molar-refractivity contribution in [3.8, 4) is 0 Å². The molecule has 0 radical (unpaired) electrons. The third-order valence-electron chi connectivity index (χ3n) is 2.30. The first-order valence-electron chi connectivity index (χ1n) is 4.35. The lowest BCUT2D eigenvalue weighted by molar-refractivity contribution is 0.600. The number of benzene rings is 1. The van der Waals surface area contributed by atoms with Gasteiger partial charge < -0.3 is 10.2 Å². The van der Waals surface area contributed by atoms with Gasteiger partial charge in [0.05, 0.1) is 5.69 Å². The van der Waals surface area contributed by atoms with E-state index in [1.54, 1.807) is 0 Å². The molecule has 1 aromatic carbocycles. The van der Waals surface area contributed by atoms with Crippen LogP contribution in [-0.2, 0) is 6.42 Å². The van der Waals surface area contributed by atoms with E-state index in [2.05, 4.69) is 18.0 Å². The fourth-order valence-electron chi connectivity index (χ4n) is 1.57. The van der Waals surface area contributed by atoms with Gasteiger partial charge in [-0.2, -0.15) is 0 Å². The molecule has 2 aromatic rings. The van der Waals surface area contributed by atoms with Gasteiger partial charge in [-0.3, -0.25) is 0 Å². The highest BCUT2D eigenvalue weighted by molar-refractivity contribution is 5.89. The molecule has 0 spiro atoms. The van der Waals surface area contributed by atoms with Gasteiger partial charge in [0, 0.05) is 0 Å². The van der Waals surface area contributed by atoms with Crippen LogP contribution in [0.15, 0.2) is 16.9 Å². The number of fused-ring (bicyclic) bond motifs is 1. The summed E-state index contributed by atoms with van der Waals surface area (Å²) < 4.78 is 5.24. The Kier molecular flexibility index (Phi) is 1.72. The number of nitrogens with two attached hydrogens (primary N) is 1. The van der Waals surface area contributed by atoms with Gasteiger partial charge in [0.15, 0.2) is 12.0 Å². The summed E-state index contributed by atoms with van der Waals surface area (Å²) in [5.41, 5.74) is 10.5. The predicted molar refractivity (Wildman–Crippen MR) is 52.5 cm³/mol. The van der Waals surface area contributed by atoms with Crippen LogP contribution in [0.25, 0.3) is 11.1 Å². The quantitative estimate of drug-likeness (QED) is 0.678. The Balaban J connectivity index is 2.85. The Morgan fingerprint density at radius 1 is 1.54 bits per heavy atom. The molecule has 1 aromatic heterocycles. The zero-order chi connectivity index (χ0) is 9.42. The van der Waals surface area contributed by atoms with Gasteiger partial charge in [-0.15, -0.1) is 0 Å². The summed E-state index contributed by atoms with van der Waals surface area (Å²) in [6, 6.07) is 2.06. The molecule has 0 aliphatic rings. The summed E-state index contributed by atoms with van der Waals surface area (Å²) in [6.45, 7) is 4.09. The van der Waals surface area contributed by atoms with Crippen LogP contribution in [0.2, 0.25) is 0 Å². The van der Waals surface area contributed by atoms with Crippen LogP contribution in [0, 0.1) is 6.92 Å². The number of hydrogen-bond acceptors (Lipinski definition) is 3. The highest BCUT2D eigenvalue weighted by Gasteiger charge is 2.09. The standard InChI is InChI=1S/C10H12N2O/c1-3-7-4-6(2)10-9(8(7)11)12-5-13-10/h4-5H,3,11H2,1-2H3. The van der Waals surface area contributed by atoms with Gasteiger partial charge in [-0.1, -0.05) is 13.0 Å². The molecule has 0 aliphatic carbocycles. The van der Waals surface area contributed by atoms with Gasteiger partial charge >= 0.3 is 0 Å². The second kappa shape index (κ2) is 2.76. The van der Waals surface area contributed by atoms with E-state index in [0.717, 1.165) is 34.3 Å². The average Bonchev–Trinajstić information content (AvgIpc) is 2.60. The summed E-state index contributed by atoms with van der Waals surface area (Å²) in [6.07, 6.45) is 2.36. The molecule has 2 N–H and O–H groups in total. The fraction of sp³-hybridized carbons (Fsp3) is 0.300. The van der Waals surface area contributed by atoms with Crippen molar-refractivity contribution in [2.75, 3.05) is 5.73 Å². The van der Waals surface area contributed by atoms with Gasteiger partial charge in [0.1, 0.15) is 5.52 Å². The van der Waals surface area contributed by atoms with Gasteiger partial charge in [-0.25, -0.2) is 4.98 Å². The summed E-state index contributed by atoms with van der Waals surface area (Å²) >= 11 is 0. The number of aromatic nitrogens is 1. The van der Waals surface area contributed by atoms with Crippen molar-refractivity contribution in [1.82, 2.24) is 4.98 Å². The van der Waals surface area contributed by atoms with Crippen LogP contribution in [0.4, 0.5) is 5.69 Å². The number of rotatable bonds is 1. The SMILES string of the molecule is CCc1cc(C)c2ocnc2c1N. The summed E-state index contributed by atoms with van der Waals surface area (Å²) in [5.74, 6) is 0. The highest BCUT2D eigenvalue weighted by atomic mass is 16.3. The number of nitrogens with zero attached hydrogens (tertiary/aromatic N) is 1. The predicted octanol–water partition coefficient (Wildman–Crippen LogP) is 2.28. The van der Waals surface area contributed by atoms with E-state index in [0.29, 0.717) is 0 Å². The normalized spacial score (nSPS) is 10.9. The number of oxazole rings is 1. The number of hydrogen-bond donors (Lipinski definition) is 1. The lowest BCUT2D eigenvalue weighted by Gasteiger charge is -2.04. The first-order valence-corrected chi connectivity index (χ1v) is 4.35. The van der Waals surface area contributed by atoms with Crippen molar-refractivity contribution < 1.29 is 4.42 Å². The molecule has 0 amide bonds. The molecule has 13 heavy (non-hydrogen) atoms. The largest absolute Gasteiger partial charge is 0.443 e. The Hall–Kier alpha value is -1.51. The summed E-state index contributed by atoms with van der Waals surface area (Å²) in [5, 5.41) is 0. The van der Waals surface area contributed by atoms with Crippen molar-refractivity contribution in [3.63, 3.8) is 0 Å². The minimum absolute atomic E-state index is 0.747. The lowest BCUT2D eigenvalue weighted by atomic mass is 10.1. The Labute approximate surface area is 76.6 Å². The van der Waals surface area contributed by atoms with Crippen LogP contribution in [-0.4, -0.2) is 4.98 Å². The Morgan fingerprint density at radius 2 is 2.31 bits per heavy atom. The number of anilines is 1. The number of nitrogen functional groups attached to an aromatic ring is 1. The van der Waals surface area contributed by atoms with Crippen molar-refractivity contribution in [1.29, 1.82) is 0 Å². The van der Waals surface area contributed by atoms with Crippen LogP contribution >= 0.6 is 0 Å². The molecule has 0 fully saturated rings. The van der Waals surface area contributed by atoms with E-state index >= 15 is 0 Å². The molecule has 0 bridgehead atoms. The van der Waals surface area contributed by atoms with Crippen LogP contribution in [0.1, 0.15) is 18.1 Å². The van der Waals surface area contributed by atoms with Crippen molar-refractivity contribution in [2.24, 2.45) is 0 Å². The Bertz CT molecular complexity index is 445. The minimum Gasteiger partial charge on any atom is -0.443 e. The second-order valence-electron chi connectivity index (χ2n) is 3.15.